The zero-order chi connectivity index (χ0) is 9.97. The lowest BCUT2D eigenvalue weighted by molar-refractivity contribution is -0.139. The Kier molecular flexibility index (Phi) is 2.50. The summed E-state index contributed by atoms with van der Waals surface area (Å²) in [5.41, 5.74) is 1.23. The molecule has 2 rings (SSSR count). The Morgan fingerprint density at radius 1 is 1.36 bits per heavy atom. The molecule has 1 fully saturated rings. The molecule has 1 unspecified atom stereocenters. The summed E-state index contributed by atoms with van der Waals surface area (Å²) in [7, 11) is 0. The van der Waals surface area contributed by atoms with Crippen molar-refractivity contribution in [3.8, 4) is 0 Å². The van der Waals surface area contributed by atoms with Gasteiger partial charge in [0, 0.05) is 6.54 Å². The van der Waals surface area contributed by atoms with E-state index in [1.165, 1.54) is 5.56 Å². The van der Waals surface area contributed by atoms with Gasteiger partial charge in [-0.1, -0.05) is 30.3 Å². The molecule has 0 aliphatic carbocycles. The van der Waals surface area contributed by atoms with E-state index in [0.717, 1.165) is 6.54 Å². The van der Waals surface area contributed by atoms with Crippen molar-refractivity contribution in [2.75, 3.05) is 6.54 Å². The maximum Gasteiger partial charge on any atom is 0.320 e. The summed E-state index contributed by atoms with van der Waals surface area (Å²) in [6.45, 7) is 0.765. The second-order valence-corrected chi connectivity index (χ2v) is 3.64. The standard InChI is InChI=1S/C11H13NO2/c13-11(14)10-6-9(7-12-10)8-4-2-1-3-5-8/h1-5,9-10,12H,6-7H2,(H,13,14)/t9-,10?/m1/s1. The summed E-state index contributed by atoms with van der Waals surface area (Å²) in [4.78, 5) is 10.7. The molecule has 0 aromatic heterocycles. The van der Waals surface area contributed by atoms with E-state index in [-0.39, 0.29) is 6.04 Å². The first-order valence-electron chi connectivity index (χ1n) is 4.78. The van der Waals surface area contributed by atoms with Gasteiger partial charge in [-0.2, -0.15) is 0 Å². The number of aliphatic carboxylic acids is 1. The Morgan fingerprint density at radius 3 is 2.64 bits per heavy atom. The maximum atomic E-state index is 10.7. The van der Waals surface area contributed by atoms with Crippen LogP contribution in [0.5, 0.6) is 0 Å². The Balaban J connectivity index is 2.06. The molecule has 1 heterocycles. The van der Waals surface area contributed by atoms with Gasteiger partial charge in [0.2, 0.25) is 0 Å². The molecule has 1 aromatic carbocycles. The fourth-order valence-electron chi connectivity index (χ4n) is 1.90. The number of carbonyl (C=O) groups is 1. The molecule has 3 nitrogen and oxygen atoms in total. The van der Waals surface area contributed by atoms with Crippen molar-refractivity contribution in [1.29, 1.82) is 0 Å². The Morgan fingerprint density at radius 2 is 2.07 bits per heavy atom. The Bertz CT molecular complexity index is 323. The SMILES string of the molecule is O=C(O)C1C[C@@H](c2ccccc2)CN1. The minimum absolute atomic E-state index is 0.345. The van der Waals surface area contributed by atoms with Crippen molar-refractivity contribution in [3.05, 3.63) is 35.9 Å². The highest BCUT2D eigenvalue weighted by molar-refractivity contribution is 5.74. The van der Waals surface area contributed by atoms with Crippen LogP contribution in [0.3, 0.4) is 0 Å². The number of rotatable bonds is 2. The molecule has 1 aliphatic rings. The first-order valence-corrected chi connectivity index (χ1v) is 4.78. The fraction of sp³-hybridized carbons (Fsp3) is 0.364. The lowest BCUT2D eigenvalue weighted by atomic mass is 9.96. The molecule has 0 radical (unpaired) electrons. The Hall–Kier alpha value is -1.35. The third-order valence-corrected chi connectivity index (χ3v) is 2.70. The van der Waals surface area contributed by atoms with Crippen LogP contribution in [0.2, 0.25) is 0 Å². The van der Waals surface area contributed by atoms with Gasteiger partial charge in [0.25, 0.3) is 0 Å². The highest BCUT2D eigenvalue weighted by Crippen LogP contribution is 2.25. The number of carboxylic acid groups (broad SMARTS) is 1. The van der Waals surface area contributed by atoms with E-state index in [9.17, 15) is 4.79 Å². The number of benzene rings is 1. The molecule has 0 bridgehead atoms. The molecule has 2 N–H and O–H groups in total. The maximum absolute atomic E-state index is 10.7. The first-order chi connectivity index (χ1) is 6.77. The van der Waals surface area contributed by atoms with Crippen LogP contribution in [0.4, 0.5) is 0 Å². The van der Waals surface area contributed by atoms with Crippen LogP contribution >= 0.6 is 0 Å². The van der Waals surface area contributed by atoms with Gasteiger partial charge in [-0.05, 0) is 17.9 Å². The molecule has 14 heavy (non-hydrogen) atoms. The third-order valence-electron chi connectivity index (χ3n) is 2.70. The zero-order valence-electron chi connectivity index (χ0n) is 7.81. The van der Waals surface area contributed by atoms with Crippen LogP contribution < -0.4 is 5.32 Å². The van der Waals surface area contributed by atoms with Gasteiger partial charge < -0.3 is 10.4 Å². The van der Waals surface area contributed by atoms with E-state index in [4.69, 9.17) is 5.11 Å². The van der Waals surface area contributed by atoms with E-state index in [0.29, 0.717) is 12.3 Å². The number of hydrogen-bond donors (Lipinski definition) is 2. The molecule has 1 aromatic rings. The summed E-state index contributed by atoms with van der Waals surface area (Å²) in [6, 6.07) is 9.68. The molecule has 0 amide bonds. The highest BCUT2D eigenvalue weighted by Gasteiger charge is 2.29. The van der Waals surface area contributed by atoms with Gasteiger partial charge in [-0.25, -0.2) is 0 Å². The first kappa shape index (κ1) is 9.21. The van der Waals surface area contributed by atoms with Crippen LogP contribution in [0.15, 0.2) is 30.3 Å². The molecule has 0 saturated carbocycles. The summed E-state index contributed by atoms with van der Waals surface area (Å²) >= 11 is 0. The smallest absolute Gasteiger partial charge is 0.320 e. The number of hydrogen-bond acceptors (Lipinski definition) is 2. The van der Waals surface area contributed by atoms with E-state index in [2.05, 4.69) is 17.4 Å². The molecule has 1 saturated heterocycles. The molecular formula is C11H13NO2. The average Bonchev–Trinajstić information content (AvgIpc) is 2.68. The summed E-state index contributed by atoms with van der Waals surface area (Å²) in [5, 5.41) is 11.8. The van der Waals surface area contributed by atoms with Crippen molar-refractivity contribution < 1.29 is 9.90 Å². The molecule has 0 spiro atoms. The van der Waals surface area contributed by atoms with Crippen LogP contribution in [-0.2, 0) is 4.79 Å². The van der Waals surface area contributed by atoms with E-state index < -0.39 is 5.97 Å². The predicted octanol–water partition coefficient (Wildman–Crippen LogP) is 1.22. The Labute approximate surface area is 82.8 Å². The van der Waals surface area contributed by atoms with Crippen molar-refractivity contribution >= 4 is 5.97 Å². The minimum Gasteiger partial charge on any atom is -0.480 e. The van der Waals surface area contributed by atoms with E-state index in [1.807, 2.05) is 18.2 Å². The molecule has 74 valence electrons. The van der Waals surface area contributed by atoms with Gasteiger partial charge in [0.1, 0.15) is 6.04 Å². The van der Waals surface area contributed by atoms with Gasteiger partial charge in [-0.15, -0.1) is 0 Å². The fourth-order valence-corrected chi connectivity index (χ4v) is 1.90. The average molecular weight is 191 g/mol. The van der Waals surface area contributed by atoms with Crippen molar-refractivity contribution in [2.45, 2.75) is 18.4 Å². The van der Waals surface area contributed by atoms with Gasteiger partial charge >= 0.3 is 5.97 Å². The largest absolute Gasteiger partial charge is 0.480 e. The summed E-state index contributed by atoms with van der Waals surface area (Å²) < 4.78 is 0. The minimum atomic E-state index is -0.747. The van der Waals surface area contributed by atoms with Crippen LogP contribution in [0, 0.1) is 0 Å². The number of nitrogens with one attached hydrogen (secondary N) is 1. The summed E-state index contributed by atoms with van der Waals surface area (Å²) in [6.07, 6.45) is 0.694. The summed E-state index contributed by atoms with van der Waals surface area (Å²) in [5.74, 6) is -0.402. The molecule has 3 heteroatoms. The molecular weight excluding hydrogens is 178 g/mol. The van der Waals surface area contributed by atoms with Crippen molar-refractivity contribution in [1.82, 2.24) is 5.32 Å². The van der Waals surface area contributed by atoms with Crippen molar-refractivity contribution in [3.63, 3.8) is 0 Å². The van der Waals surface area contributed by atoms with Gasteiger partial charge in [0.05, 0.1) is 0 Å². The second-order valence-electron chi connectivity index (χ2n) is 3.64. The monoisotopic (exact) mass is 191 g/mol. The number of carboxylic acids is 1. The second kappa shape index (κ2) is 3.80. The normalized spacial score (nSPS) is 26.3. The van der Waals surface area contributed by atoms with Gasteiger partial charge in [-0.3, -0.25) is 4.79 Å². The van der Waals surface area contributed by atoms with E-state index >= 15 is 0 Å². The lowest BCUT2D eigenvalue weighted by Crippen LogP contribution is -2.29. The highest BCUT2D eigenvalue weighted by atomic mass is 16.4. The zero-order valence-corrected chi connectivity index (χ0v) is 7.81. The van der Waals surface area contributed by atoms with Crippen molar-refractivity contribution in [2.24, 2.45) is 0 Å². The lowest BCUT2D eigenvalue weighted by Gasteiger charge is -2.07. The topological polar surface area (TPSA) is 49.3 Å². The third kappa shape index (κ3) is 1.77. The van der Waals surface area contributed by atoms with Crippen LogP contribution in [0.1, 0.15) is 17.9 Å². The molecule has 2 atom stereocenters. The predicted molar refractivity (Wildman–Crippen MR) is 53.2 cm³/mol. The quantitative estimate of drug-likeness (QED) is 0.738. The van der Waals surface area contributed by atoms with Crippen LogP contribution in [0.25, 0.3) is 0 Å². The van der Waals surface area contributed by atoms with Crippen LogP contribution in [-0.4, -0.2) is 23.7 Å². The van der Waals surface area contributed by atoms with E-state index in [1.54, 1.807) is 0 Å². The van der Waals surface area contributed by atoms with Gasteiger partial charge in [0.15, 0.2) is 0 Å². The molecule has 1 aliphatic heterocycles.